The van der Waals surface area contributed by atoms with Crippen molar-refractivity contribution in [2.45, 2.75) is 67.2 Å². The highest BCUT2D eigenvalue weighted by Crippen LogP contribution is 2.22. The molecular formula is C25H36O. The van der Waals surface area contributed by atoms with Gasteiger partial charge in [-0.05, 0) is 102 Å². The van der Waals surface area contributed by atoms with Gasteiger partial charge in [0.1, 0.15) is 5.75 Å². The van der Waals surface area contributed by atoms with Crippen LogP contribution < -0.4 is 4.74 Å². The van der Waals surface area contributed by atoms with E-state index in [1.165, 1.54) is 47.9 Å². The zero-order valence-corrected chi connectivity index (χ0v) is 17.8. The summed E-state index contributed by atoms with van der Waals surface area (Å²) in [6.45, 7) is 12.9. The Morgan fingerprint density at radius 3 is 1.42 bits per heavy atom. The molecule has 0 atom stereocenters. The Kier molecular flexibility index (Phi) is 9.80. The maximum absolute atomic E-state index is 5.05. The highest BCUT2D eigenvalue weighted by molar-refractivity contribution is 5.33. The minimum Gasteiger partial charge on any atom is -0.497 e. The molecule has 26 heavy (non-hydrogen) atoms. The van der Waals surface area contributed by atoms with Crippen LogP contribution >= 0.6 is 0 Å². The summed E-state index contributed by atoms with van der Waals surface area (Å²) in [6.07, 6.45) is 5.55. The van der Waals surface area contributed by atoms with Gasteiger partial charge in [-0.2, -0.15) is 0 Å². The quantitative estimate of drug-likeness (QED) is 0.482. The highest BCUT2D eigenvalue weighted by Gasteiger charge is 2.02. The van der Waals surface area contributed by atoms with Crippen molar-refractivity contribution in [3.8, 4) is 5.75 Å². The Hall–Kier alpha value is -2.02. The summed E-state index contributed by atoms with van der Waals surface area (Å²) in [5.74, 6) is 0.933. The van der Waals surface area contributed by atoms with E-state index >= 15 is 0 Å². The van der Waals surface area contributed by atoms with Gasteiger partial charge in [0.05, 0.1) is 7.11 Å². The predicted molar refractivity (Wildman–Crippen MR) is 115 cm³/mol. The molecule has 0 bridgehead atoms. The van der Waals surface area contributed by atoms with Crippen LogP contribution in [0.25, 0.3) is 0 Å². The van der Waals surface area contributed by atoms with Gasteiger partial charge in [-0.25, -0.2) is 0 Å². The number of aryl methyl sites for hydroxylation is 4. The molecule has 0 radical (unpaired) electrons. The topological polar surface area (TPSA) is 9.23 Å². The largest absolute Gasteiger partial charge is 0.497 e. The molecule has 142 valence electrons. The van der Waals surface area contributed by atoms with Gasteiger partial charge in [0.2, 0.25) is 0 Å². The van der Waals surface area contributed by atoms with Crippen molar-refractivity contribution in [3.63, 3.8) is 0 Å². The predicted octanol–water partition coefficient (Wildman–Crippen LogP) is 7.51. The van der Waals surface area contributed by atoms with Crippen molar-refractivity contribution >= 4 is 0 Å². The molecule has 0 saturated carbocycles. The minimum absolute atomic E-state index is 0.933. The lowest BCUT2D eigenvalue weighted by molar-refractivity contribution is 0.414. The van der Waals surface area contributed by atoms with Gasteiger partial charge in [0.15, 0.2) is 0 Å². The Morgan fingerprint density at radius 1 is 0.615 bits per heavy atom. The van der Waals surface area contributed by atoms with E-state index in [2.05, 4.69) is 71.9 Å². The van der Waals surface area contributed by atoms with E-state index in [0.29, 0.717) is 0 Å². The molecule has 0 aromatic heterocycles. The van der Waals surface area contributed by atoms with Crippen LogP contribution in [0.4, 0.5) is 0 Å². The molecule has 0 aliphatic heterocycles. The van der Waals surface area contributed by atoms with E-state index in [9.17, 15) is 0 Å². The molecule has 1 heteroatoms. The Bertz CT molecular complexity index is 675. The van der Waals surface area contributed by atoms with Crippen molar-refractivity contribution < 1.29 is 4.74 Å². The average molecular weight is 353 g/mol. The Balaban J connectivity index is 0.000000197. The van der Waals surface area contributed by atoms with Crippen molar-refractivity contribution in [1.82, 2.24) is 0 Å². The standard InChI is InChI=1S/C9H12O.C8H14.C8H10/c1-7-4-5-9(10-3)6-8(7)2;2*1-7-5-3-4-6-8(7)2/h4-6H,1-3H3;3-6H2,1-2H3;3-6H,1-2H3. The molecule has 0 spiro atoms. The van der Waals surface area contributed by atoms with E-state index in [1.54, 1.807) is 18.3 Å². The Morgan fingerprint density at radius 2 is 1.08 bits per heavy atom. The molecule has 1 nitrogen and oxygen atoms in total. The minimum atomic E-state index is 0.933. The van der Waals surface area contributed by atoms with Gasteiger partial charge in [-0.3, -0.25) is 0 Å². The second-order valence-electron chi connectivity index (χ2n) is 7.30. The fourth-order valence-corrected chi connectivity index (χ4v) is 2.71. The smallest absolute Gasteiger partial charge is 0.119 e. The van der Waals surface area contributed by atoms with Crippen molar-refractivity contribution in [2.24, 2.45) is 0 Å². The third kappa shape index (κ3) is 7.91. The zero-order valence-electron chi connectivity index (χ0n) is 17.8. The normalized spacial score (nSPS) is 13.2. The third-order valence-electron chi connectivity index (χ3n) is 5.22. The first-order valence-electron chi connectivity index (χ1n) is 9.63. The van der Waals surface area contributed by atoms with Gasteiger partial charge < -0.3 is 4.74 Å². The third-order valence-corrected chi connectivity index (χ3v) is 5.22. The maximum Gasteiger partial charge on any atom is 0.119 e. The lowest BCUT2D eigenvalue weighted by atomic mass is 9.94. The number of allylic oxidation sites excluding steroid dienone is 2. The first kappa shape index (κ1) is 22.0. The second-order valence-corrected chi connectivity index (χ2v) is 7.30. The van der Waals surface area contributed by atoms with Crippen LogP contribution in [0.3, 0.4) is 0 Å². The van der Waals surface area contributed by atoms with Gasteiger partial charge in [0.25, 0.3) is 0 Å². The average Bonchev–Trinajstić information content (AvgIpc) is 2.63. The summed E-state index contributed by atoms with van der Waals surface area (Å²) < 4.78 is 5.05. The lowest BCUT2D eigenvalue weighted by Crippen LogP contribution is -1.92. The van der Waals surface area contributed by atoms with Gasteiger partial charge in [-0.1, -0.05) is 41.5 Å². The van der Waals surface area contributed by atoms with Crippen LogP contribution in [0.1, 0.15) is 61.8 Å². The first-order chi connectivity index (χ1) is 12.3. The number of methoxy groups -OCH3 is 1. The van der Waals surface area contributed by atoms with Crippen LogP contribution in [0.2, 0.25) is 0 Å². The monoisotopic (exact) mass is 352 g/mol. The maximum atomic E-state index is 5.05. The molecule has 0 heterocycles. The Labute approximate surface area is 161 Å². The lowest BCUT2D eigenvalue weighted by Gasteiger charge is -2.12. The van der Waals surface area contributed by atoms with Gasteiger partial charge in [0, 0.05) is 0 Å². The molecule has 2 aromatic rings. The number of hydrogen-bond donors (Lipinski definition) is 0. The van der Waals surface area contributed by atoms with Crippen LogP contribution in [-0.2, 0) is 0 Å². The van der Waals surface area contributed by atoms with E-state index in [-0.39, 0.29) is 0 Å². The van der Waals surface area contributed by atoms with Gasteiger partial charge in [-0.15, -0.1) is 0 Å². The highest BCUT2D eigenvalue weighted by atomic mass is 16.5. The first-order valence-corrected chi connectivity index (χ1v) is 9.63. The number of benzene rings is 2. The summed E-state index contributed by atoms with van der Waals surface area (Å²) in [6, 6.07) is 14.4. The summed E-state index contributed by atoms with van der Waals surface area (Å²) in [7, 11) is 1.68. The molecule has 1 aliphatic carbocycles. The van der Waals surface area contributed by atoms with E-state index in [1.807, 2.05) is 12.1 Å². The van der Waals surface area contributed by atoms with E-state index < -0.39 is 0 Å². The molecule has 3 rings (SSSR count). The zero-order chi connectivity index (χ0) is 19.5. The molecule has 0 saturated heterocycles. The van der Waals surface area contributed by atoms with Crippen LogP contribution in [0.15, 0.2) is 53.6 Å². The number of ether oxygens (including phenoxy) is 1. The van der Waals surface area contributed by atoms with E-state index in [4.69, 9.17) is 4.74 Å². The SMILES string of the molecule is CC1=C(C)CCCC1.COc1ccc(C)c(C)c1.Cc1ccccc1C. The summed E-state index contributed by atoms with van der Waals surface area (Å²) in [5, 5.41) is 0. The summed E-state index contributed by atoms with van der Waals surface area (Å²) in [5.41, 5.74) is 8.59. The van der Waals surface area contributed by atoms with Gasteiger partial charge >= 0.3 is 0 Å². The van der Waals surface area contributed by atoms with Crippen LogP contribution in [-0.4, -0.2) is 7.11 Å². The molecule has 0 fully saturated rings. The fraction of sp³-hybridized carbons (Fsp3) is 0.440. The van der Waals surface area contributed by atoms with Crippen LogP contribution in [0.5, 0.6) is 5.75 Å². The molecule has 1 aliphatic rings. The molecule has 2 aromatic carbocycles. The number of hydrogen-bond acceptors (Lipinski definition) is 1. The second kappa shape index (κ2) is 11.6. The number of rotatable bonds is 1. The molecule has 0 unspecified atom stereocenters. The molecule has 0 amide bonds. The summed E-state index contributed by atoms with van der Waals surface area (Å²) >= 11 is 0. The van der Waals surface area contributed by atoms with Crippen molar-refractivity contribution in [1.29, 1.82) is 0 Å². The molecular weight excluding hydrogens is 316 g/mol. The van der Waals surface area contributed by atoms with Crippen LogP contribution in [0, 0.1) is 27.7 Å². The summed E-state index contributed by atoms with van der Waals surface area (Å²) in [4.78, 5) is 0. The van der Waals surface area contributed by atoms with Crippen molar-refractivity contribution in [2.75, 3.05) is 7.11 Å². The van der Waals surface area contributed by atoms with E-state index in [0.717, 1.165) is 5.75 Å². The molecule has 0 N–H and O–H groups in total. The van der Waals surface area contributed by atoms with Crippen molar-refractivity contribution in [3.05, 3.63) is 75.9 Å². The fourth-order valence-electron chi connectivity index (χ4n) is 2.71.